The third-order valence-electron chi connectivity index (χ3n) is 11.1. The summed E-state index contributed by atoms with van der Waals surface area (Å²) in [5.74, 6) is -1.45. The van der Waals surface area contributed by atoms with Gasteiger partial charge >= 0.3 is 0 Å². The van der Waals surface area contributed by atoms with Crippen molar-refractivity contribution in [1.29, 1.82) is 0 Å². The lowest BCUT2D eigenvalue weighted by atomic mass is 9.94. The van der Waals surface area contributed by atoms with Gasteiger partial charge in [-0.05, 0) is 0 Å². The first kappa shape index (κ1) is 51.0. The second-order valence-corrected chi connectivity index (χ2v) is 15.4. The zero-order valence-electron chi connectivity index (χ0n) is 33.2. The molecule has 0 aromatic carbocycles. The summed E-state index contributed by atoms with van der Waals surface area (Å²) in [6.45, 7) is -2.45. The first-order valence-corrected chi connectivity index (χ1v) is 19.6. The maximum atomic E-state index is 12.3. The Bertz CT molecular complexity index is 1440. The maximum absolute atomic E-state index is 12.3. The Morgan fingerprint density at radius 2 is 0.742 bits per heavy atom. The Morgan fingerprint density at radius 1 is 0.387 bits per heavy atom. The molecule has 2 amide bonds. The van der Waals surface area contributed by atoms with Crippen molar-refractivity contribution in [1.82, 2.24) is 10.6 Å². The van der Waals surface area contributed by atoms with Gasteiger partial charge in [-0.1, -0.05) is 0 Å². The Balaban J connectivity index is 1.31. The topological polar surface area (TPSA) is 445 Å². The molecule has 5 fully saturated rings. The van der Waals surface area contributed by atoms with E-state index in [9.17, 15) is 86.2 Å². The number of nitrogens with one attached hydrogen (secondary N) is 2. The van der Waals surface area contributed by atoms with Gasteiger partial charge in [-0.3, -0.25) is 9.59 Å². The van der Waals surface area contributed by atoms with E-state index in [1.807, 2.05) is 0 Å². The van der Waals surface area contributed by atoms with E-state index in [1.165, 1.54) is 0 Å². The third-order valence-corrected chi connectivity index (χ3v) is 11.1. The van der Waals surface area contributed by atoms with Crippen LogP contribution in [0, 0.1) is 0 Å². The van der Waals surface area contributed by atoms with Crippen LogP contribution in [0.1, 0.15) is 13.8 Å². The molecule has 28 heteroatoms. The molecule has 360 valence electrons. The molecule has 5 aliphatic rings. The first-order valence-electron chi connectivity index (χ1n) is 19.6. The van der Waals surface area contributed by atoms with Gasteiger partial charge in [0.2, 0.25) is 11.8 Å². The molecule has 5 saturated heterocycles. The number of amides is 2. The van der Waals surface area contributed by atoms with E-state index >= 15 is 0 Å². The predicted octanol–water partition coefficient (Wildman–Crippen LogP) is -11.6. The van der Waals surface area contributed by atoms with Crippen LogP contribution in [-0.2, 0) is 52.2 Å². The molecule has 0 unspecified atom stereocenters. The summed E-state index contributed by atoms with van der Waals surface area (Å²) in [4.78, 5) is 24.1. The molecule has 25 atom stereocenters. The van der Waals surface area contributed by atoms with Crippen molar-refractivity contribution in [2.75, 3.05) is 33.0 Å². The SMILES string of the molecule is CC(=O)N[C@@H]1[C@@H](O)[C@H](O[C@@H]2O[C@H](CO)[C@@H](O[C@H]3O[C@H](CO)[C@@H](O[C@@H]4O[C@H](CO)[C@@H](O)[C@H](O[C@H]5O[C@H](CO)[C@@H](O)[C@H](O)[C@@H]5O)[C@@H]4O)[C@H](O)[C@@H]3O)[C@H](O)[C@H]2NC(C)=O)[C@@H](CO)O[C@H]1O. The molecule has 0 saturated carbocycles. The number of aliphatic hydroxyl groups is 15. The van der Waals surface area contributed by atoms with Gasteiger partial charge in [0.25, 0.3) is 0 Å². The lowest BCUT2D eigenvalue weighted by Gasteiger charge is -2.50. The molecule has 0 aliphatic carbocycles. The summed E-state index contributed by atoms with van der Waals surface area (Å²) in [5, 5.41) is 163. The highest BCUT2D eigenvalue weighted by Crippen LogP contribution is 2.35. The van der Waals surface area contributed by atoms with Crippen LogP contribution in [0.4, 0.5) is 0 Å². The fourth-order valence-corrected chi connectivity index (χ4v) is 7.84. The van der Waals surface area contributed by atoms with Crippen LogP contribution in [0.25, 0.3) is 0 Å². The molecule has 5 aliphatic heterocycles. The van der Waals surface area contributed by atoms with Crippen molar-refractivity contribution < 1.29 is 129 Å². The number of hydrogen-bond donors (Lipinski definition) is 17. The van der Waals surface area contributed by atoms with Crippen molar-refractivity contribution in [2.45, 2.75) is 167 Å². The van der Waals surface area contributed by atoms with Crippen LogP contribution >= 0.6 is 0 Å². The fourth-order valence-electron chi connectivity index (χ4n) is 7.84. The third kappa shape index (κ3) is 10.8. The summed E-state index contributed by atoms with van der Waals surface area (Å²) < 4.78 is 50.5. The van der Waals surface area contributed by atoms with Crippen LogP contribution in [0.3, 0.4) is 0 Å². The van der Waals surface area contributed by atoms with Crippen LogP contribution in [-0.4, -0.2) is 275 Å². The molecular weight excluding hydrogens is 852 g/mol. The van der Waals surface area contributed by atoms with E-state index < -0.39 is 198 Å². The second-order valence-electron chi connectivity index (χ2n) is 15.4. The van der Waals surface area contributed by atoms with E-state index in [4.69, 9.17) is 42.6 Å². The number of rotatable bonds is 15. The van der Waals surface area contributed by atoms with E-state index in [0.29, 0.717) is 0 Å². The summed E-state index contributed by atoms with van der Waals surface area (Å²) >= 11 is 0. The smallest absolute Gasteiger partial charge is 0.217 e. The second kappa shape index (κ2) is 22.0. The summed E-state index contributed by atoms with van der Waals surface area (Å²) in [5.41, 5.74) is 0. The molecule has 0 radical (unpaired) electrons. The molecule has 5 heterocycles. The highest BCUT2D eigenvalue weighted by Gasteiger charge is 2.57. The van der Waals surface area contributed by atoms with Crippen LogP contribution in [0.15, 0.2) is 0 Å². The minimum absolute atomic E-state index is 0.680. The molecule has 0 aromatic rings. The van der Waals surface area contributed by atoms with Gasteiger partial charge in [-0.15, -0.1) is 0 Å². The van der Waals surface area contributed by atoms with Gasteiger partial charge in [-0.25, -0.2) is 0 Å². The minimum Gasteiger partial charge on any atom is -0.394 e. The molecule has 0 aromatic heterocycles. The molecule has 17 N–H and O–H groups in total. The van der Waals surface area contributed by atoms with Crippen molar-refractivity contribution in [3.63, 3.8) is 0 Å². The minimum atomic E-state index is -2.15. The highest BCUT2D eigenvalue weighted by molar-refractivity contribution is 5.73. The lowest BCUT2D eigenvalue weighted by Crippen LogP contribution is -2.70. The van der Waals surface area contributed by atoms with E-state index in [-0.39, 0.29) is 0 Å². The largest absolute Gasteiger partial charge is 0.394 e. The number of aliphatic hydroxyl groups excluding tert-OH is 15. The summed E-state index contributed by atoms with van der Waals surface area (Å²) in [6, 6.07) is -3.12. The molecule has 5 rings (SSSR count). The normalized spacial score (nSPS) is 49.0. The van der Waals surface area contributed by atoms with Crippen molar-refractivity contribution >= 4 is 11.8 Å². The molecular formula is C34H58N2O26. The van der Waals surface area contributed by atoms with Gasteiger partial charge in [0.05, 0.1) is 33.0 Å². The molecule has 28 nitrogen and oxygen atoms in total. The van der Waals surface area contributed by atoms with E-state index in [2.05, 4.69) is 10.6 Å². The Kier molecular flexibility index (Phi) is 18.1. The van der Waals surface area contributed by atoms with Gasteiger partial charge in [0.1, 0.15) is 122 Å². The van der Waals surface area contributed by atoms with Gasteiger partial charge in [0, 0.05) is 13.8 Å². The summed E-state index contributed by atoms with van der Waals surface area (Å²) in [7, 11) is 0. The number of ether oxygens (including phenoxy) is 9. The highest BCUT2D eigenvalue weighted by atomic mass is 16.8. The predicted molar refractivity (Wildman–Crippen MR) is 190 cm³/mol. The molecule has 0 bridgehead atoms. The average Bonchev–Trinajstić information content (AvgIpc) is 3.23. The monoisotopic (exact) mass is 910 g/mol. The van der Waals surface area contributed by atoms with Crippen molar-refractivity contribution in [2.24, 2.45) is 0 Å². The van der Waals surface area contributed by atoms with Crippen LogP contribution < -0.4 is 10.6 Å². The number of carbonyl (C=O) groups excluding carboxylic acids is 2. The van der Waals surface area contributed by atoms with E-state index in [1.54, 1.807) is 0 Å². The van der Waals surface area contributed by atoms with Gasteiger partial charge in [-0.2, -0.15) is 0 Å². The molecule has 62 heavy (non-hydrogen) atoms. The van der Waals surface area contributed by atoms with Crippen molar-refractivity contribution in [3.05, 3.63) is 0 Å². The van der Waals surface area contributed by atoms with Gasteiger partial charge in [0.15, 0.2) is 31.5 Å². The fraction of sp³-hybridized carbons (Fsp3) is 0.941. The average molecular weight is 911 g/mol. The van der Waals surface area contributed by atoms with Gasteiger partial charge < -0.3 is 130 Å². The Hall–Kier alpha value is -2.02. The standard InChI is InChI=1S/C34H58N2O26/c1-8(42)35-15-19(46)26(12(5-39)54-30(15)53)59-31-16(36-9(2)43)20(47)27(13(6-40)57-31)60-33-24(51)22(49)28(14(7-41)58-33)61-34-25(52)29(18(45)11(4-38)56-34)62-32-23(50)21(48)17(44)10(3-37)55-32/h10-34,37-41,44-53H,3-7H2,1-2H3,(H,35,42)(H,36,43)/t10-,11-,12-,13-,14-,15-,16-,17-,18-,19-,20-,21+,22-,23+,24+,25+,26-,27-,28-,29+,30-,31+,32-,33-,34+/m1/s1. The maximum Gasteiger partial charge on any atom is 0.217 e. The zero-order chi connectivity index (χ0) is 45.9. The van der Waals surface area contributed by atoms with E-state index in [0.717, 1.165) is 13.8 Å². The Labute approximate surface area is 351 Å². The first-order chi connectivity index (χ1) is 29.3. The Morgan fingerprint density at radius 3 is 1.24 bits per heavy atom. The summed E-state index contributed by atoms with van der Waals surface area (Å²) in [6.07, 6.45) is -41.9. The molecule has 0 spiro atoms. The van der Waals surface area contributed by atoms with Crippen molar-refractivity contribution in [3.8, 4) is 0 Å². The van der Waals surface area contributed by atoms with Crippen LogP contribution in [0.2, 0.25) is 0 Å². The van der Waals surface area contributed by atoms with Crippen LogP contribution in [0.5, 0.6) is 0 Å². The quantitative estimate of drug-likeness (QED) is 0.0725. The zero-order valence-corrected chi connectivity index (χ0v) is 33.2. The lowest BCUT2D eigenvalue weighted by molar-refractivity contribution is -0.388. The number of hydrogen-bond acceptors (Lipinski definition) is 26. The number of carbonyl (C=O) groups is 2.